The van der Waals surface area contributed by atoms with Crippen LogP contribution >= 0.6 is 35.0 Å². The lowest BCUT2D eigenvalue weighted by molar-refractivity contribution is 0.0946. The van der Waals surface area contributed by atoms with Gasteiger partial charge in [-0.1, -0.05) is 76.9 Å². The minimum absolute atomic E-state index is 0.147. The number of methoxy groups -OCH3 is 1. The van der Waals surface area contributed by atoms with Crippen LogP contribution in [0.15, 0.2) is 71.9 Å². The van der Waals surface area contributed by atoms with E-state index < -0.39 is 0 Å². The molecule has 0 spiro atoms. The fourth-order valence-electron chi connectivity index (χ4n) is 3.45. The summed E-state index contributed by atoms with van der Waals surface area (Å²) < 4.78 is 7.15. The van der Waals surface area contributed by atoms with Gasteiger partial charge in [0.15, 0.2) is 11.0 Å². The van der Waals surface area contributed by atoms with Crippen LogP contribution in [-0.4, -0.2) is 27.8 Å². The summed E-state index contributed by atoms with van der Waals surface area (Å²) in [5.41, 5.74) is 3.49. The molecule has 9 heteroatoms. The Labute approximate surface area is 212 Å². The molecule has 4 aromatic rings. The molecule has 0 saturated heterocycles. The zero-order valence-electron chi connectivity index (χ0n) is 18.6. The number of halogens is 2. The summed E-state index contributed by atoms with van der Waals surface area (Å²) in [5, 5.41) is 13.3. The van der Waals surface area contributed by atoms with Crippen LogP contribution in [0.5, 0.6) is 5.75 Å². The minimum Gasteiger partial charge on any atom is -0.496 e. The molecule has 0 aliphatic carbocycles. The Bertz CT molecular complexity index is 1330. The van der Waals surface area contributed by atoms with Crippen molar-refractivity contribution in [1.82, 2.24) is 20.1 Å². The van der Waals surface area contributed by atoms with Crippen LogP contribution in [0.2, 0.25) is 10.0 Å². The molecule has 0 aliphatic heterocycles. The van der Waals surface area contributed by atoms with Gasteiger partial charge < -0.3 is 10.1 Å². The molecule has 0 bridgehead atoms. The Balaban J connectivity index is 1.62. The quantitative estimate of drug-likeness (QED) is 0.288. The SMILES string of the molecule is COc1ccccc1C(=O)NCc1nnc(SCc2cccc(C)c2)n1-c1ccc(Cl)cc1Cl. The molecule has 0 atom stereocenters. The number of hydrogen-bond acceptors (Lipinski definition) is 5. The predicted molar refractivity (Wildman–Crippen MR) is 136 cm³/mol. The number of aromatic nitrogens is 3. The number of aryl methyl sites for hydroxylation is 1. The van der Waals surface area contributed by atoms with Crippen molar-refractivity contribution < 1.29 is 9.53 Å². The Hall–Kier alpha value is -3.00. The van der Waals surface area contributed by atoms with E-state index >= 15 is 0 Å². The fourth-order valence-corrected chi connectivity index (χ4v) is 4.85. The fraction of sp³-hybridized carbons (Fsp3) is 0.160. The van der Waals surface area contributed by atoms with Crippen LogP contribution < -0.4 is 10.1 Å². The van der Waals surface area contributed by atoms with Crippen LogP contribution in [0, 0.1) is 6.92 Å². The number of amides is 1. The van der Waals surface area contributed by atoms with Crippen molar-refractivity contribution in [3.63, 3.8) is 0 Å². The monoisotopic (exact) mass is 512 g/mol. The number of rotatable bonds is 8. The number of para-hydroxylation sites is 1. The Kier molecular flexibility index (Phi) is 7.77. The molecule has 1 aromatic heterocycles. The third-order valence-corrected chi connectivity index (χ3v) is 6.60. The topological polar surface area (TPSA) is 69.0 Å². The third-order valence-electron chi connectivity index (χ3n) is 5.06. The van der Waals surface area contributed by atoms with Gasteiger partial charge in [0.05, 0.1) is 29.9 Å². The van der Waals surface area contributed by atoms with Crippen molar-refractivity contribution in [2.24, 2.45) is 0 Å². The number of hydrogen-bond donors (Lipinski definition) is 1. The van der Waals surface area contributed by atoms with Crippen molar-refractivity contribution in [3.05, 3.63) is 99.3 Å². The molecular formula is C25H22Cl2N4O2S. The zero-order chi connectivity index (χ0) is 24.1. The van der Waals surface area contributed by atoms with Crippen LogP contribution in [0.25, 0.3) is 5.69 Å². The first-order valence-electron chi connectivity index (χ1n) is 10.5. The normalized spacial score (nSPS) is 10.8. The average Bonchev–Trinajstić information content (AvgIpc) is 3.23. The van der Waals surface area contributed by atoms with Gasteiger partial charge in [0.1, 0.15) is 5.75 Å². The highest BCUT2D eigenvalue weighted by atomic mass is 35.5. The van der Waals surface area contributed by atoms with Crippen LogP contribution in [0.4, 0.5) is 0 Å². The summed E-state index contributed by atoms with van der Waals surface area (Å²) in [6.07, 6.45) is 0. The summed E-state index contributed by atoms with van der Waals surface area (Å²) in [4.78, 5) is 12.8. The van der Waals surface area contributed by atoms with E-state index in [1.165, 1.54) is 30.0 Å². The van der Waals surface area contributed by atoms with Gasteiger partial charge in [-0.05, 0) is 42.8 Å². The molecule has 0 radical (unpaired) electrons. The predicted octanol–water partition coefficient (Wildman–Crippen LogP) is 6.11. The number of nitrogens with zero attached hydrogens (tertiary/aromatic N) is 3. The number of ether oxygens (including phenoxy) is 1. The van der Waals surface area contributed by atoms with Gasteiger partial charge in [0.2, 0.25) is 0 Å². The number of thioether (sulfide) groups is 1. The summed E-state index contributed by atoms with van der Waals surface area (Å²) in [5.74, 6) is 1.47. The summed E-state index contributed by atoms with van der Waals surface area (Å²) >= 11 is 14.2. The van der Waals surface area contributed by atoms with Gasteiger partial charge >= 0.3 is 0 Å². The molecule has 174 valence electrons. The molecule has 1 amide bonds. The van der Waals surface area contributed by atoms with Crippen molar-refractivity contribution in [2.45, 2.75) is 24.4 Å². The lowest BCUT2D eigenvalue weighted by Crippen LogP contribution is -2.25. The molecule has 0 fully saturated rings. The second-order valence-corrected chi connectivity index (χ2v) is 9.28. The zero-order valence-corrected chi connectivity index (χ0v) is 20.9. The van der Waals surface area contributed by atoms with Gasteiger partial charge in [-0.15, -0.1) is 10.2 Å². The van der Waals surface area contributed by atoms with Crippen molar-refractivity contribution in [3.8, 4) is 11.4 Å². The largest absolute Gasteiger partial charge is 0.496 e. The van der Waals surface area contributed by atoms with Gasteiger partial charge in [-0.2, -0.15) is 0 Å². The Morgan fingerprint density at radius 1 is 1.06 bits per heavy atom. The van der Waals surface area contributed by atoms with Crippen molar-refractivity contribution in [1.29, 1.82) is 0 Å². The third kappa shape index (κ3) is 5.55. The molecule has 1 N–H and O–H groups in total. The number of nitrogens with one attached hydrogen (secondary N) is 1. The van der Waals surface area contributed by atoms with Gasteiger partial charge in [0.25, 0.3) is 5.91 Å². The number of benzene rings is 3. The number of carbonyl (C=O) groups excluding carboxylic acids is 1. The maximum Gasteiger partial charge on any atom is 0.255 e. The first-order valence-corrected chi connectivity index (χ1v) is 12.2. The molecular weight excluding hydrogens is 491 g/mol. The second-order valence-electron chi connectivity index (χ2n) is 7.49. The van der Waals surface area contributed by atoms with Crippen LogP contribution in [0.3, 0.4) is 0 Å². The first kappa shape index (κ1) is 24.1. The van der Waals surface area contributed by atoms with Crippen molar-refractivity contribution >= 4 is 40.9 Å². The molecule has 1 heterocycles. The lowest BCUT2D eigenvalue weighted by Gasteiger charge is -2.13. The lowest BCUT2D eigenvalue weighted by atomic mass is 10.2. The highest BCUT2D eigenvalue weighted by Crippen LogP contribution is 2.31. The van der Waals surface area contributed by atoms with E-state index in [0.717, 1.165) is 0 Å². The van der Waals surface area contributed by atoms with E-state index in [0.29, 0.717) is 43.8 Å². The van der Waals surface area contributed by atoms with Crippen LogP contribution in [-0.2, 0) is 12.3 Å². The number of carbonyl (C=O) groups is 1. The molecule has 0 unspecified atom stereocenters. The molecule has 0 saturated carbocycles. The molecule has 3 aromatic carbocycles. The highest BCUT2D eigenvalue weighted by molar-refractivity contribution is 7.98. The van der Waals surface area contributed by atoms with E-state index in [1.54, 1.807) is 30.3 Å². The van der Waals surface area contributed by atoms with Gasteiger partial charge in [-0.3, -0.25) is 9.36 Å². The first-order chi connectivity index (χ1) is 16.5. The summed E-state index contributed by atoms with van der Waals surface area (Å²) in [6, 6.07) is 20.6. The van der Waals surface area contributed by atoms with Crippen molar-refractivity contribution in [2.75, 3.05) is 7.11 Å². The van der Waals surface area contributed by atoms with Crippen LogP contribution in [0.1, 0.15) is 27.3 Å². The minimum atomic E-state index is -0.275. The smallest absolute Gasteiger partial charge is 0.255 e. The maximum atomic E-state index is 12.8. The molecule has 4 rings (SSSR count). The highest BCUT2D eigenvalue weighted by Gasteiger charge is 2.19. The molecule has 0 aliphatic rings. The average molecular weight is 513 g/mol. The van der Waals surface area contributed by atoms with E-state index in [1.807, 2.05) is 22.8 Å². The Morgan fingerprint density at radius 2 is 1.88 bits per heavy atom. The summed E-state index contributed by atoms with van der Waals surface area (Å²) in [6.45, 7) is 2.21. The van der Waals surface area contributed by atoms with E-state index in [-0.39, 0.29) is 12.5 Å². The van der Waals surface area contributed by atoms with E-state index in [9.17, 15) is 4.79 Å². The molecule has 6 nitrogen and oxygen atoms in total. The van der Waals surface area contributed by atoms with E-state index in [4.69, 9.17) is 27.9 Å². The maximum absolute atomic E-state index is 12.8. The molecule has 34 heavy (non-hydrogen) atoms. The van der Waals surface area contributed by atoms with E-state index in [2.05, 4.69) is 40.6 Å². The second kappa shape index (κ2) is 11.0. The standard InChI is InChI=1S/C25H22Cl2N4O2S/c1-16-6-5-7-17(12-16)15-34-25-30-29-23(31(25)21-11-10-18(26)13-20(21)27)14-28-24(32)19-8-3-4-9-22(19)33-2/h3-13H,14-15H2,1-2H3,(H,28,32). The summed E-state index contributed by atoms with van der Waals surface area (Å²) in [7, 11) is 1.53. The van der Waals surface area contributed by atoms with Gasteiger partial charge in [-0.25, -0.2) is 0 Å². The Morgan fingerprint density at radius 3 is 2.65 bits per heavy atom. The van der Waals surface area contributed by atoms with Gasteiger partial charge in [0, 0.05) is 10.8 Å².